The van der Waals surface area contributed by atoms with Crippen LogP contribution in [0, 0.1) is 5.92 Å². The van der Waals surface area contributed by atoms with Gasteiger partial charge in [-0.3, -0.25) is 0 Å². The molecule has 66 valence electrons. The smallest absolute Gasteiger partial charge is 0.0104 e. The molecule has 0 aromatic heterocycles. The minimum absolute atomic E-state index is 1.03. The number of hydrogen-bond acceptors (Lipinski definition) is 2. The molecule has 0 bridgehead atoms. The molecule has 1 N–H and O–H groups in total. The topological polar surface area (TPSA) is 15.3 Å². The minimum Gasteiger partial charge on any atom is -0.316 e. The normalized spacial score (nSPS) is 17.7. The third kappa shape index (κ3) is 4.38. The van der Waals surface area contributed by atoms with Gasteiger partial charge in [-0.05, 0) is 32.4 Å². The van der Waals surface area contributed by atoms with Crippen LogP contribution in [0.15, 0.2) is 0 Å². The van der Waals surface area contributed by atoms with E-state index in [1.807, 2.05) is 0 Å². The molecule has 0 aromatic rings. The molecule has 2 nitrogen and oxygen atoms in total. The highest BCUT2D eigenvalue weighted by Crippen LogP contribution is 2.29. The Bertz CT molecular complexity index is 99.7. The monoisotopic (exact) mass is 156 g/mol. The molecule has 1 fully saturated rings. The summed E-state index contributed by atoms with van der Waals surface area (Å²) in [7, 11) is 2.22. The van der Waals surface area contributed by atoms with E-state index in [9.17, 15) is 0 Å². The highest BCUT2D eigenvalue weighted by molar-refractivity contribution is 4.76. The SMILES string of the molecule is CCNCCN(C)CC1CC1. The Kier molecular flexibility index (Phi) is 3.87. The molecule has 2 heteroatoms. The molecule has 1 aliphatic carbocycles. The van der Waals surface area contributed by atoms with E-state index in [-0.39, 0.29) is 0 Å². The van der Waals surface area contributed by atoms with Crippen LogP contribution in [0.5, 0.6) is 0 Å². The fourth-order valence-electron chi connectivity index (χ4n) is 1.28. The predicted octanol–water partition coefficient (Wildman–Crippen LogP) is 0.938. The third-order valence-corrected chi connectivity index (χ3v) is 2.19. The molecule has 1 aliphatic rings. The van der Waals surface area contributed by atoms with Crippen LogP contribution in [-0.2, 0) is 0 Å². The third-order valence-electron chi connectivity index (χ3n) is 2.19. The van der Waals surface area contributed by atoms with Gasteiger partial charge in [0.2, 0.25) is 0 Å². The highest BCUT2D eigenvalue weighted by Gasteiger charge is 2.22. The molecule has 11 heavy (non-hydrogen) atoms. The van der Waals surface area contributed by atoms with E-state index in [0.29, 0.717) is 0 Å². The molecule has 0 heterocycles. The zero-order valence-electron chi connectivity index (χ0n) is 7.77. The van der Waals surface area contributed by atoms with Gasteiger partial charge in [0.05, 0.1) is 0 Å². The molecule has 0 amide bonds. The fraction of sp³-hybridized carbons (Fsp3) is 1.00. The Balaban J connectivity index is 1.87. The van der Waals surface area contributed by atoms with Crippen molar-refractivity contribution in [3.8, 4) is 0 Å². The maximum absolute atomic E-state index is 3.33. The summed E-state index contributed by atoms with van der Waals surface area (Å²) in [5.74, 6) is 1.03. The Morgan fingerprint density at radius 3 is 2.73 bits per heavy atom. The molecule has 0 saturated heterocycles. The lowest BCUT2D eigenvalue weighted by Crippen LogP contribution is -2.30. The second-order valence-corrected chi connectivity index (χ2v) is 3.56. The van der Waals surface area contributed by atoms with E-state index in [4.69, 9.17) is 0 Å². The summed E-state index contributed by atoms with van der Waals surface area (Å²) >= 11 is 0. The molecule has 0 aliphatic heterocycles. The molecule has 1 rings (SSSR count). The van der Waals surface area contributed by atoms with Crippen molar-refractivity contribution in [1.82, 2.24) is 10.2 Å². The number of nitrogens with zero attached hydrogens (tertiary/aromatic N) is 1. The van der Waals surface area contributed by atoms with E-state index in [0.717, 1.165) is 19.0 Å². The zero-order chi connectivity index (χ0) is 8.10. The standard InChI is InChI=1S/C9H20N2/c1-3-10-6-7-11(2)8-9-4-5-9/h9-10H,3-8H2,1-2H3. The van der Waals surface area contributed by atoms with Crippen LogP contribution in [-0.4, -0.2) is 38.1 Å². The van der Waals surface area contributed by atoms with E-state index in [1.165, 1.54) is 25.9 Å². The van der Waals surface area contributed by atoms with Gasteiger partial charge in [0.25, 0.3) is 0 Å². The van der Waals surface area contributed by atoms with Gasteiger partial charge in [0, 0.05) is 19.6 Å². The Labute approximate surface area is 70.0 Å². The van der Waals surface area contributed by atoms with Crippen LogP contribution in [0.4, 0.5) is 0 Å². The summed E-state index contributed by atoms with van der Waals surface area (Å²) in [5.41, 5.74) is 0. The summed E-state index contributed by atoms with van der Waals surface area (Å²) in [6.45, 7) is 6.90. The summed E-state index contributed by atoms with van der Waals surface area (Å²) in [5, 5.41) is 3.33. The lowest BCUT2D eigenvalue weighted by atomic mass is 10.4. The largest absolute Gasteiger partial charge is 0.316 e. The molecule has 0 spiro atoms. The van der Waals surface area contributed by atoms with Crippen molar-refractivity contribution < 1.29 is 0 Å². The predicted molar refractivity (Wildman–Crippen MR) is 48.8 cm³/mol. The highest BCUT2D eigenvalue weighted by atomic mass is 15.1. The van der Waals surface area contributed by atoms with Crippen molar-refractivity contribution >= 4 is 0 Å². The van der Waals surface area contributed by atoms with E-state index in [2.05, 4.69) is 24.2 Å². The lowest BCUT2D eigenvalue weighted by molar-refractivity contribution is 0.319. The molecule has 0 unspecified atom stereocenters. The summed E-state index contributed by atoms with van der Waals surface area (Å²) in [6.07, 6.45) is 2.93. The van der Waals surface area contributed by atoms with Crippen LogP contribution in [0.25, 0.3) is 0 Å². The maximum Gasteiger partial charge on any atom is 0.0104 e. The second kappa shape index (κ2) is 4.73. The first kappa shape index (κ1) is 9.01. The van der Waals surface area contributed by atoms with Crippen LogP contribution in [0.3, 0.4) is 0 Å². The first-order valence-corrected chi connectivity index (χ1v) is 4.72. The van der Waals surface area contributed by atoms with Crippen molar-refractivity contribution in [2.24, 2.45) is 5.92 Å². The first-order valence-electron chi connectivity index (χ1n) is 4.72. The van der Waals surface area contributed by atoms with Gasteiger partial charge in [0.1, 0.15) is 0 Å². The average molecular weight is 156 g/mol. The fourth-order valence-corrected chi connectivity index (χ4v) is 1.28. The van der Waals surface area contributed by atoms with Crippen molar-refractivity contribution in [2.45, 2.75) is 19.8 Å². The van der Waals surface area contributed by atoms with Gasteiger partial charge in [-0.1, -0.05) is 6.92 Å². The molecule has 0 atom stereocenters. The van der Waals surface area contributed by atoms with E-state index in [1.54, 1.807) is 0 Å². The lowest BCUT2D eigenvalue weighted by Gasteiger charge is -2.15. The van der Waals surface area contributed by atoms with E-state index >= 15 is 0 Å². The Morgan fingerprint density at radius 2 is 2.18 bits per heavy atom. The van der Waals surface area contributed by atoms with Crippen molar-refractivity contribution in [2.75, 3.05) is 33.2 Å². The van der Waals surface area contributed by atoms with Crippen molar-refractivity contribution in [1.29, 1.82) is 0 Å². The van der Waals surface area contributed by atoms with Crippen molar-refractivity contribution in [3.05, 3.63) is 0 Å². The van der Waals surface area contributed by atoms with Gasteiger partial charge in [0.15, 0.2) is 0 Å². The van der Waals surface area contributed by atoms with Crippen LogP contribution in [0.2, 0.25) is 0 Å². The zero-order valence-corrected chi connectivity index (χ0v) is 7.77. The van der Waals surface area contributed by atoms with Crippen LogP contribution < -0.4 is 5.32 Å². The molecular weight excluding hydrogens is 136 g/mol. The Morgan fingerprint density at radius 1 is 1.45 bits per heavy atom. The van der Waals surface area contributed by atoms with Crippen LogP contribution in [0.1, 0.15) is 19.8 Å². The van der Waals surface area contributed by atoms with E-state index < -0.39 is 0 Å². The number of rotatable bonds is 6. The summed E-state index contributed by atoms with van der Waals surface area (Å²) in [4.78, 5) is 2.43. The Hall–Kier alpha value is -0.0800. The molecule has 1 saturated carbocycles. The first-order chi connectivity index (χ1) is 5.33. The maximum atomic E-state index is 3.33. The summed E-state index contributed by atoms with van der Waals surface area (Å²) < 4.78 is 0. The quantitative estimate of drug-likeness (QED) is 0.576. The van der Waals surface area contributed by atoms with Crippen LogP contribution >= 0.6 is 0 Å². The number of hydrogen-bond donors (Lipinski definition) is 1. The second-order valence-electron chi connectivity index (χ2n) is 3.56. The van der Waals surface area contributed by atoms with Gasteiger partial charge >= 0.3 is 0 Å². The molecule has 0 aromatic carbocycles. The van der Waals surface area contributed by atoms with Gasteiger partial charge in [-0.25, -0.2) is 0 Å². The molecular formula is C9H20N2. The van der Waals surface area contributed by atoms with Gasteiger partial charge < -0.3 is 10.2 Å². The number of nitrogens with one attached hydrogen (secondary N) is 1. The minimum atomic E-state index is 1.03. The van der Waals surface area contributed by atoms with Gasteiger partial charge in [-0.15, -0.1) is 0 Å². The number of likely N-dealkylation sites (N-methyl/N-ethyl adjacent to an activating group) is 2. The van der Waals surface area contributed by atoms with Crippen molar-refractivity contribution in [3.63, 3.8) is 0 Å². The average Bonchev–Trinajstić information content (AvgIpc) is 2.72. The molecule has 0 radical (unpaired) electrons. The summed E-state index contributed by atoms with van der Waals surface area (Å²) in [6, 6.07) is 0. The van der Waals surface area contributed by atoms with Gasteiger partial charge in [-0.2, -0.15) is 0 Å².